The highest BCUT2D eigenvalue weighted by Crippen LogP contribution is 2.30. The molecule has 0 saturated heterocycles. The van der Waals surface area contributed by atoms with Crippen molar-refractivity contribution in [2.75, 3.05) is 5.32 Å². The third-order valence-corrected chi connectivity index (χ3v) is 3.42. The highest BCUT2D eigenvalue weighted by Gasteiger charge is 2.23. The molecular formula is C14H22N2. The molecule has 88 valence electrons. The molecule has 1 heterocycles. The smallest absolute Gasteiger partial charge is 0.126 e. The Morgan fingerprint density at radius 1 is 1.12 bits per heavy atom. The summed E-state index contributed by atoms with van der Waals surface area (Å²) in [5.74, 6) is 2.71. The summed E-state index contributed by atoms with van der Waals surface area (Å²) in [6.45, 7) is 6.75. The van der Waals surface area contributed by atoms with Gasteiger partial charge in [-0.1, -0.05) is 19.9 Å². The van der Waals surface area contributed by atoms with Crippen molar-refractivity contribution < 1.29 is 0 Å². The Morgan fingerprint density at radius 3 is 2.44 bits per heavy atom. The predicted octanol–water partition coefficient (Wildman–Crippen LogP) is 3.63. The number of anilines is 1. The van der Waals surface area contributed by atoms with E-state index in [1.165, 1.54) is 19.3 Å². The number of nitrogens with zero attached hydrogens (tertiary/aromatic N) is 1. The molecule has 0 bridgehead atoms. The van der Waals surface area contributed by atoms with Crippen LogP contribution in [0.25, 0.3) is 0 Å². The molecule has 16 heavy (non-hydrogen) atoms. The lowest BCUT2D eigenvalue weighted by molar-refractivity contribution is 0.280. The number of hydrogen-bond acceptors (Lipinski definition) is 2. The molecule has 1 fully saturated rings. The van der Waals surface area contributed by atoms with Gasteiger partial charge in [0.1, 0.15) is 5.82 Å². The van der Waals surface area contributed by atoms with E-state index in [1.54, 1.807) is 0 Å². The third-order valence-electron chi connectivity index (χ3n) is 3.42. The Hall–Kier alpha value is -1.05. The topological polar surface area (TPSA) is 24.9 Å². The fraction of sp³-hybridized carbons (Fsp3) is 0.643. The van der Waals surface area contributed by atoms with E-state index >= 15 is 0 Å². The van der Waals surface area contributed by atoms with E-state index in [1.807, 2.05) is 13.0 Å². The molecular weight excluding hydrogens is 196 g/mol. The van der Waals surface area contributed by atoms with Gasteiger partial charge in [-0.05, 0) is 50.2 Å². The molecule has 1 aromatic heterocycles. The fourth-order valence-corrected chi connectivity index (χ4v) is 2.90. The van der Waals surface area contributed by atoms with E-state index in [0.717, 1.165) is 23.3 Å². The highest BCUT2D eigenvalue weighted by atomic mass is 15.0. The minimum Gasteiger partial charge on any atom is -0.367 e. The van der Waals surface area contributed by atoms with E-state index in [2.05, 4.69) is 36.3 Å². The summed E-state index contributed by atoms with van der Waals surface area (Å²) in [7, 11) is 0. The van der Waals surface area contributed by atoms with Gasteiger partial charge in [0.2, 0.25) is 0 Å². The number of hydrogen-bond donors (Lipinski definition) is 1. The van der Waals surface area contributed by atoms with Crippen LogP contribution in [0.3, 0.4) is 0 Å². The van der Waals surface area contributed by atoms with Crippen LogP contribution in [0.15, 0.2) is 18.2 Å². The standard InChI is InChI=1S/C14H22N2/c1-10-7-11(2)9-13(8-10)16-14-6-4-5-12(3)15-14/h4-6,10-11,13H,7-9H2,1-3H3,(H,15,16). The largest absolute Gasteiger partial charge is 0.367 e. The Bertz CT molecular complexity index is 338. The lowest BCUT2D eigenvalue weighted by Gasteiger charge is -2.32. The highest BCUT2D eigenvalue weighted by molar-refractivity contribution is 5.36. The van der Waals surface area contributed by atoms with Crippen LogP contribution >= 0.6 is 0 Å². The van der Waals surface area contributed by atoms with E-state index in [0.29, 0.717) is 6.04 Å². The van der Waals surface area contributed by atoms with Crippen molar-refractivity contribution in [2.24, 2.45) is 11.8 Å². The molecule has 1 saturated carbocycles. The third kappa shape index (κ3) is 2.97. The van der Waals surface area contributed by atoms with Gasteiger partial charge in [-0.15, -0.1) is 0 Å². The first-order valence-electron chi connectivity index (χ1n) is 6.33. The van der Waals surface area contributed by atoms with Gasteiger partial charge in [0.25, 0.3) is 0 Å². The van der Waals surface area contributed by atoms with Crippen LogP contribution in [-0.2, 0) is 0 Å². The zero-order valence-electron chi connectivity index (χ0n) is 10.5. The molecule has 0 radical (unpaired) electrons. The lowest BCUT2D eigenvalue weighted by atomic mass is 9.80. The molecule has 0 aliphatic heterocycles. The molecule has 2 nitrogen and oxygen atoms in total. The molecule has 1 aliphatic carbocycles. The van der Waals surface area contributed by atoms with Crippen molar-refractivity contribution in [3.63, 3.8) is 0 Å². The van der Waals surface area contributed by atoms with Gasteiger partial charge in [-0.3, -0.25) is 0 Å². The maximum absolute atomic E-state index is 4.51. The zero-order chi connectivity index (χ0) is 11.5. The normalized spacial score (nSPS) is 30.1. The average molecular weight is 218 g/mol. The first kappa shape index (κ1) is 11.4. The Labute approximate surface area is 98.5 Å². The van der Waals surface area contributed by atoms with Crippen LogP contribution in [0.5, 0.6) is 0 Å². The Balaban J connectivity index is 1.98. The molecule has 0 spiro atoms. The van der Waals surface area contributed by atoms with Gasteiger partial charge in [-0.25, -0.2) is 4.98 Å². The second-order valence-corrected chi connectivity index (χ2v) is 5.42. The van der Waals surface area contributed by atoms with E-state index in [9.17, 15) is 0 Å². The van der Waals surface area contributed by atoms with Crippen LogP contribution in [-0.4, -0.2) is 11.0 Å². The van der Waals surface area contributed by atoms with Gasteiger partial charge in [0.05, 0.1) is 0 Å². The second-order valence-electron chi connectivity index (χ2n) is 5.42. The molecule has 0 aromatic carbocycles. The fourth-order valence-electron chi connectivity index (χ4n) is 2.90. The summed E-state index contributed by atoms with van der Waals surface area (Å²) in [5, 5.41) is 3.57. The van der Waals surface area contributed by atoms with Crippen molar-refractivity contribution in [1.29, 1.82) is 0 Å². The summed E-state index contributed by atoms with van der Waals surface area (Å²) in [6.07, 6.45) is 3.93. The van der Waals surface area contributed by atoms with E-state index in [-0.39, 0.29) is 0 Å². The molecule has 1 N–H and O–H groups in total. The van der Waals surface area contributed by atoms with Crippen molar-refractivity contribution in [3.8, 4) is 0 Å². The summed E-state index contributed by atoms with van der Waals surface area (Å²) in [5.41, 5.74) is 1.09. The molecule has 0 amide bonds. The number of aryl methyl sites for hydroxylation is 1. The van der Waals surface area contributed by atoms with Crippen molar-refractivity contribution >= 4 is 5.82 Å². The summed E-state index contributed by atoms with van der Waals surface area (Å²) in [6, 6.07) is 6.78. The van der Waals surface area contributed by atoms with Crippen LogP contribution in [0, 0.1) is 18.8 Å². The first-order chi connectivity index (χ1) is 7.63. The first-order valence-corrected chi connectivity index (χ1v) is 6.33. The molecule has 2 rings (SSSR count). The SMILES string of the molecule is Cc1cccc(NC2CC(C)CC(C)C2)n1. The maximum atomic E-state index is 4.51. The minimum absolute atomic E-state index is 0.605. The van der Waals surface area contributed by atoms with Crippen LogP contribution in [0.2, 0.25) is 0 Å². The van der Waals surface area contributed by atoms with Gasteiger partial charge in [0.15, 0.2) is 0 Å². The molecule has 1 aliphatic rings. The van der Waals surface area contributed by atoms with Crippen LogP contribution in [0.4, 0.5) is 5.82 Å². The molecule has 2 atom stereocenters. The Morgan fingerprint density at radius 2 is 1.81 bits per heavy atom. The van der Waals surface area contributed by atoms with E-state index < -0.39 is 0 Å². The number of aromatic nitrogens is 1. The summed E-state index contributed by atoms with van der Waals surface area (Å²) < 4.78 is 0. The van der Waals surface area contributed by atoms with Gasteiger partial charge < -0.3 is 5.32 Å². The van der Waals surface area contributed by atoms with Crippen molar-refractivity contribution in [2.45, 2.75) is 46.1 Å². The van der Waals surface area contributed by atoms with Gasteiger partial charge in [-0.2, -0.15) is 0 Å². The monoisotopic (exact) mass is 218 g/mol. The molecule has 2 heteroatoms. The number of nitrogens with one attached hydrogen (secondary N) is 1. The number of rotatable bonds is 2. The van der Waals surface area contributed by atoms with Gasteiger partial charge in [0, 0.05) is 11.7 Å². The Kier molecular flexibility index (Phi) is 3.47. The zero-order valence-corrected chi connectivity index (χ0v) is 10.5. The quantitative estimate of drug-likeness (QED) is 0.820. The van der Waals surface area contributed by atoms with Gasteiger partial charge >= 0.3 is 0 Å². The van der Waals surface area contributed by atoms with E-state index in [4.69, 9.17) is 0 Å². The maximum Gasteiger partial charge on any atom is 0.126 e. The molecule has 2 unspecified atom stereocenters. The van der Waals surface area contributed by atoms with Crippen molar-refractivity contribution in [3.05, 3.63) is 23.9 Å². The number of pyridine rings is 1. The van der Waals surface area contributed by atoms with Crippen LogP contribution < -0.4 is 5.32 Å². The predicted molar refractivity (Wildman–Crippen MR) is 68.6 cm³/mol. The minimum atomic E-state index is 0.605. The second kappa shape index (κ2) is 4.86. The average Bonchev–Trinajstić information content (AvgIpc) is 2.15. The molecule has 1 aromatic rings. The summed E-state index contributed by atoms with van der Waals surface area (Å²) in [4.78, 5) is 4.51. The van der Waals surface area contributed by atoms with Crippen molar-refractivity contribution in [1.82, 2.24) is 4.98 Å². The lowest BCUT2D eigenvalue weighted by Crippen LogP contribution is -2.30. The summed E-state index contributed by atoms with van der Waals surface area (Å²) >= 11 is 0. The van der Waals surface area contributed by atoms with Crippen LogP contribution in [0.1, 0.15) is 38.8 Å².